The molecule has 3 rings (SSSR count). The highest BCUT2D eigenvalue weighted by Gasteiger charge is 2.33. The van der Waals surface area contributed by atoms with Crippen LogP contribution in [-0.2, 0) is 4.79 Å². The summed E-state index contributed by atoms with van der Waals surface area (Å²) in [6, 6.07) is 16.3. The van der Waals surface area contributed by atoms with Crippen LogP contribution in [0.15, 0.2) is 59.7 Å². The van der Waals surface area contributed by atoms with Crippen LogP contribution in [0.5, 0.6) is 11.5 Å². The molecular weight excluding hydrogens is 318 g/mol. The first-order valence-electron chi connectivity index (χ1n) is 8.04. The van der Waals surface area contributed by atoms with Gasteiger partial charge in [-0.15, -0.1) is 0 Å². The minimum absolute atomic E-state index is 0.102. The summed E-state index contributed by atoms with van der Waals surface area (Å²) in [4.78, 5) is 17.2. The fourth-order valence-corrected chi connectivity index (χ4v) is 2.89. The molecule has 1 fully saturated rings. The van der Waals surface area contributed by atoms with E-state index in [2.05, 4.69) is 15.3 Å². The minimum Gasteiger partial charge on any atom is -0.457 e. The van der Waals surface area contributed by atoms with Crippen LogP contribution in [0.1, 0.15) is 6.42 Å². The van der Waals surface area contributed by atoms with Gasteiger partial charge in [0.05, 0.1) is 12.1 Å². The number of para-hydroxylation sites is 1. The summed E-state index contributed by atoms with van der Waals surface area (Å²) >= 11 is 0. The second kappa shape index (κ2) is 7.70. The summed E-state index contributed by atoms with van der Waals surface area (Å²) in [6.45, 7) is 0.589. The number of azide groups is 1. The molecule has 7 heteroatoms. The number of likely N-dealkylation sites (tertiary alicyclic amines) is 1. The zero-order chi connectivity index (χ0) is 17.6. The van der Waals surface area contributed by atoms with Gasteiger partial charge in [-0.1, -0.05) is 23.3 Å². The van der Waals surface area contributed by atoms with Gasteiger partial charge in [0, 0.05) is 17.1 Å². The topological polar surface area (TPSA) is 90.3 Å². The maximum absolute atomic E-state index is 12.4. The highest BCUT2D eigenvalue weighted by atomic mass is 16.5. The molecule has 1 aliphatic rings. The van der Waals surface area contributed by atoms with Gasteiger partial charge >= 0.3 is 0 Å². The lowest BCUT2D eigenvalue weighted by Gasteiger charge is -2.18. The Morgan fingerprint density at radius 3 is 2.56 bits per heavy atom. The van der Waals surface area contributed by atoms with Crippen molar-refractivity contribution in [2.24, 2.45) is 5.11 Å². The van der Waals surface area contributed by atoms with E-state index in [4.69, 9.17) is 10.3 Å². The molecule has 0 aliphatic carbocycles. The number of ether oxygens (including phenoxy) is 1. The van der Waals surface area contributed by atoms with Crippen LogP contribution in [0.4, 0.5) is 5.69 Å². The highest BCUT2D eigenvalue weighted by Crippen LogP contribution is 2.24. The number of likely N-dealkylation sites (N-methyl/N-ethyl adjacent to an activating group) is 1. The summed E-state index contributed by atoms with van der Waals surface area (Å²) in [7, 11) is 1.86. The lowest BCUT2D eigenvalue weighted by molar-refractivity contribution is -0.119. The monoisotopic (exact) mass is 337 g/mol. The van der Waals surface area contributed by atoms with Crippen LogP contribution in [0.3, 0.4) is 0 Å². The predicted octanol–water partition coefficient (Wildman–Crippen LogP) is 3.80. The second-order valence-corrected chi connectivity index (χ2v) is 5.98. The molecule has 0 radical (unpaired) electrons. The largest absolute Gasteiger partial charge is 0.457 e. The van der Waals surface area contributed by atoms with Crippen molar-refractivity contribution in [3.05, 3.63) is 65.0 Å². The van der Waals surface area contributed by atoms with Crippen molar-refractivity contribution in [1.29, 1.82) is 0 Å². The summed E-state index contributed by atoms with van der Waals surface area (Å²) < 4.78 is 5.73. The molecule has 2 aromatic carbocycles. The van der Waals surface area contributed by atoms with E-state index in [9.17, 15) is 4.79 Å². The highest BCUT2D eigenvalue weighted by molar-refractivity contribution is 5.95. The van der Waals surface area contributed by atoms with E-state index in [-0.39, 0.29) is 18.0 Å². The first kappa shape index (κ1) is 16.8. The van der Waals surface area contributed by atoms with Crippen molar-refractivity contribution in [3.63, 3.8) is 0 Å². The van der Waals surface area contributed by atoms with Crippen molar-refractivity contribution < 1.29 is 9.53 Å². The Labute approximate surface area is 145 Å². The third kappa shape index (κ3) is 4.29. The Balaban J connectivity index is 1.59. The first-order valence-corrected chi connectivity index (χ1v) is 8.04. The van der Waals surface area contributed by atoms with E-state index in [0.717, 1.165) is 5.75 Å². The molecule has 0 spiro atoms. The van der Waals surface area contributed by atoms with E-state index in [1.165, 1.54) is 0 Å². The number of hydrogen-bond acceptors (Lipinski definition) is 4. The fourth-order valence-electron chi connectivity index (χ4n) is 2.89. The first-order chi connectivity index (χ1) is 12.2. The Bertz CT molecular complexity index is 772. The number of nitrogens with one attached hydrogen (secondary N) is 1. The quantitative estimate of drug-likeness (QED) is 0.511. The van der Waals surface area contributed by atoms with E-state index < -0.39 is 0 Å². The van der Waals surface area contributed by atoms with Crippen molar-refractivity contribution in [2.75, 3.05) is 18.9 Å². The number of carbonyl (C=O) groups is 1. The number of nitrogens with zero attached hydrogens (tertiary/aromatic N) is 4. The average Bonchev–Trinajstić information content (AvgIpc) is 2.98. The van der Waals surface area contributed by atoms with Crippen LogP contribution < -0.4 is 10.1 Å². The molecule has 1 heterocycles. The van der Waals surface area contributed by atoms with Crippen LogP contribution in [0.2, 0.25) is 0 Å². The number of carbonyl (C=O) groups excluding carboxylic acids is 1. The molecular formula is C18H19N5O2. The lowest BCUT2D eigenvalue weighted by Crippen LogP contribution is -2.37. The molecule has 2 aromatic rings. The Morgan fingerprint density at radius 1 is 1.20 bits per heavy atom. The Kier molecular flexibility index (Phi) is 5.18. The zero-order valence-corrected chi connectivity index (χ0v) is 13.9. The number of hydrogen-bond donors (Lipinski definition) is 1. The molecule has 1 N–H and O–H groups in total. The SMILES string of the molecule is CN1CC(N=[N+]=[N-])C[C@H]1C(=O)Nc1ccc(Oc2ccccc2)cc1. The van der Waals surface area contributed by atoms with Crippen LogP contribution >= 0.6 is 0 Å². The van der Waals surface area contributed by atoms with Crippen molar-refractivity contribution in [2.45, 2.75) is 18.5 Å². The van der Waals surface area contributed by atoms with Crippen LogP contribution in [0, 0.1) is 0 Å². The predicted molar refractivity (Wildman–Crippen MR) is 95.6 cm³/mol. The van der Waals surface area contributed by atoms with Gasteiger partial charge < -0.3 is 10.1 Å². The standard InChI is InChI=1S/C18H19N5O2/c1-23-12-14(21-22-19)11-17(23)18(24)20-13-7-9-16(10-8-13)25-15-5-3-2-4-6-15/h2-10,14,17H,11-12H2,1H3,(H,20,24)/t14?,17-/m0/s1. The number of benzene rings is 2. The molecule has 25 heavy (non-hydrogen) atoms. The molecule has 0 saturated carbocycles. The van der Waals surface area contributed by atoms with Gasteiger partial charge in [-0.3, -0.25) is 9.69 Å². The molecule has 7 nitrogen and oxygen atoms in total. The maximum Gasteiger partial charge on any atom is 0.241 e. The number of anilines is 1. The molecule has 1 unspecified atom stereocenters. The summed E-state index contributed by atoms with van der Waals surface area (Å²) in [5, 5.41) is 6.60. The Hall–Kier alpha value is -3.02. The van der Waals surface area contributed by atoms with Crippen molar-refractivity contribution in [3.8, 4) is 11.5 Å². The lowest BCUT2D eigenvalue weighted by atomic mass is 10.1. The third-order valence-corrected chi connectivity index (χ3v) is 4.14. The third-order valence-electron chi connectivity index (χ3n) is 4.14. The van der Waals surface area contributed by atoms with E-state index in [1.54, 1.807) is 12.1 Å². The van der Waals surface area contributed by atoms with Gasteiger partial charge in [0.15, 0.2) is 0 Å². The molecule has 0 bridgehead atoms. The van der Waals surface area contributed by atoms with E-state index >= 15 is 0 Å². The summed E-state index contributed by atoms with van der Waals surface area (Å²) in [6.07, 6.45) is 0.529. The van der Waals surface area contributed by atoms with E-state index in [1.807, 2.05) is 54.4 Å². The van der Waals surface area contributed by atoms with Gasteiger partial charge in [-0.2, -0.15) is 0 Å². The van der Waals surface area contributed by atoms with Gasteiger partial charge in [-0.05, 0) is 55.4 Å². The number of rotatable bonds is 5. The van der Waals surface area contributed by atoms with Gasteiger partial charge in [0.25, 0.3) is 0 Å². The van der Waals surface area contributed by atoms with Crippen molar-refractivity contribution in [1.82, 2.24) is 4.90 Å². The van der Waals surface area contributed by atoms with Crippen molar-refractivity contribution >= 4 is 11.6 Å². The molecule has 0 aromatic heterocycles. The fraction of sp³-hybridized carbons (Fsp3) is 0.278. The van der Waals surface area contributed by atoms with E-state index in [0.29, 0.717) is 24.4 Å². The molecule has 1 saturated heterocycles. The molecule has 2 atom stereocenters. The Morgan fingerprint density at radius 2 is 1.88 bits per heavy atom. The number of amides is 1. The molecule has 1 aliphatic heterocycles. The van der Waals surface area contributed by atoms with Crippen LogP contribution in [-0.4, -0.2) is 36.5 Å². The summed E-state index contributed by atoms with van der Waals surface area (Å²) in [5.74, 6) is 1.36. The molecule has 1 amide bonds. The summed E-state index contributed by atoms with van der Waals surface area (Å²) in [5.41, 5.74) is 9.23. The smallest absolute Gasteiger partial charge is 0.241 e. The normalized spacial score (nSPS) is 19.9. The maximum atomic E-state index is 12.4. The van der Waals surface area contributed by atoms with Crippen LogP contribution in [0.25, 0.3) is 10.4 Å². The van der Waals surface area contributed by atoms with Gasteiger partial charge in [0.2, 0.25) is 5.91 Å². The average molecular weight is 337 g/mol. The molecule has 128 valence electrons. The zero-order valence-electron chi connectivity index (χ0n) is 13.9. The minimum atomic E-state index is -0.296. The van der Waals surface area contributed by atoms with Gasteiger partial charge in [0.1, 0.15) is 11.5 Å². The van der Waals surface area contributed by atoms with Gasteiger partial charge in [-0.25, -0.2) is 0 Å². The second-order valence-electron chi connectivity index (χ2n) is 5.98.